The van der Waals surface area contributed by atoms with Crippen molar-refractivity contribution in [1.82, 2.24) is 0 Å². The van der Waals surface area contributed by atoms with E-state index in [-0.39, 0.29) is 35.7 Å². The van der Waals surface area contributed by atoms with Crippen molar-refractivity contribution in [1.29, 1.82) is 0 Å². The van der Waals surface area contributed by atoms with Crippen LogP contribution in [0.2, 0.25) is 0 Å². The third-order valence-electron chi connectivity index (χ3n) is 9.28. The van der Waals surface area contributed by atoms with Crippen molar-refractivity contribution in [3.63, 3.8) is 0 Å². The molecule has 212 valence electrons. The first-order valence-corrected chi connectivity index (χ1v) is 15.1. The number of hydrogen-bond donors (Lipinski definition) is 1. The highest BCUT2D eigenvalue weighted by molar-refractivity contribution is 5.85. The van der Waals surface area contributed by atoms with Crippen molar-refractivity contribution in [2.45, 2.75) is 137 Å². The van der Waals surface area contributed by atoms with Gasteiger partial charge in [0.05, 0.1) is 0 Å². The average molecular weight is 520 g/mol. The molecule has 2 saturated carbocycles. The minimum absolute atomic E-state index is 0.0270. The molecular weight excluding hydrogens is 466 g/mol. The Kier molecular flexibility index (Phi) is 13.1. The van der Waals surface area contributed by atoms with Crippen molar-refractivity contribution in [2.75, 3.05) is 6.61 Å². The third-order valence-corrected chi connectivity index (χ3v) is 9.28. The summed E-state index contributed by atoms with van der Waals surface area (Å²) in [6.45, 7) is 7.92. The molecule has 6 nitrogen and oxygen atoms in total. The first kappa shape index (κ1) is 31.8. The van der Waals surface area contributed by atoms with Crippen molar-refractivity contribution < 1.29 is 19.5 Å². The van der Waals surface area contributed by atoms with E-state index in [4.69, 9.17) is 0 Å². The first-order chi connectivity index (χ1) is 17.5. The molecule has 4 atom stereocenters. The minimum atomic E-state index is -0.715. The van der Waals surface area contributed by atoms with Crippen LogP contribution in [0.3, 0.4) is 0 Å². The highest BCUT2D eigenvalue weighted by atomic mass is 16.3. The zero-order valence-electron chi connectivity index (χ0n) is 24.1. The van der Waals surface area contributed by atoms with Gasteiger partial charge in [-0.05, 0) is 69.6 Å². The number of carbonyl (C=O) groups excluding carboxylic acids is 3. The summed E-state index contributed by atoms with van der Waals surface area (Å²) < 4.78 is 0. The number of ketones is 2. The molecule has 0 radical (unpaired) electrons. The SMILES string of the molecule is CC(C)(CO)CCCCC1CCCC(CCCC2CCCC(CCCCC(C)(C)C(=O)N=O)C2=O)C1=O. The van der Waals surface area contributed by atoms with Gasteiger partial charge >= 0.3 is 0 Å². The van der Waals surface area contributed by atoms with Gasteiger partial charge in [0, 0.05) is 40.9 Å². The lowest BCUT2D eigenvalue weighted by molar-refractivity contribution is -0.130. The molecule has 0 aromatic rings. The maximum absolute atomic E-state index is 13.1. The van der Waals surface area contributed by atoms with E-state index in [0.717, 1.165) is 103 Å². The van der Waals surface area contributed by atoms with Crippen LogP contribution in [0.15, 0.2) is 5.18 Å². The molecule has 0 aromatic carbocycles. The highest BCUT2D eigenvalue weighted by Gasteiger charge is 2.33. The van der Waals surface area contributed by atoms with Crippen LogP contribution >= 0.6 is 0 Å². The Morgan fingerprint density at radius 2 is 1.14 bits per heavy atom. The summed E-state index contributed by atoms with van der Waals surface area (Å²) in [4.78, 5) is 48.4. The van der Waals surface area contributed by atoms with Crippen LogP contribution in [0.4, 0.5) is 0 Å². The van der Waals surface area contributed by atoms with Gasteiger partial charge in [-0.3, -0.25) is 14.4 Å². The lowest BCUT2D eigenvalue weighted by Crippen LogP contribution is -2.30. The molecule has 0 bridgehead atoms. The molecule has 1 N–H and O–H groups in total. The zero-order chi connectivity index (χ0) is 27.5. The smallest absolute Gasteiger partial charge is 0.291 e. The molecule has 0 spiro atoms. The number of nitrogens with zero attached hydrogens (tertiary/aromatic N) is 1. The summed E-state index contributed by atoms with van der Waals surface area (Å²) in [5.74, 6) is 0.930. The number of carbonyl (C=O) groups is 3. The van der Waals surface area contributed by atoms with E-state index in [1.54, 1.807) is 13.8 Å². The molecule has 2 aliphatic rings. The molecular formula is C31H53NO5. The number of unbranched alkanes of at least 4 members (excludes halogenated alkanes) is 2. The molecule has 2 aliphatic carbocycles. The molecule has 0 heterocycles. The Balaban J connectivity index is 1.69. The second kappa shape index (κ2) is 15.2. The molecule has 0 saturated heterocycles. The fourth-order valence-electron chi connectivity index (χ4n) is 6.48. The maximum atomic E-state index is 13.1. The van der Waals surface area contributed by atoms with Gasteiger partial charge in [0.2, 0.25) is 0 Å². The maximum Gasteiger partial charge on any atom is 0.291 e. The molecule has 4 unspecified atom stereocenters. The summed E-state index contributed by atoms with van der Waals surface area (Å²) in [5, 5.41) is 12.0. The second-order valence-corrected chi connectivity index (χ2v) is 13.5. The van der Waals surface area contributed by atoms with Crippen molar-refractivity contribution >= 4 is 17.5 Å². The molecule has 2 rings (SSSR count). The summed E-state index contributed by atoms with van der Waals surface area (Å²) in [6, 6.07) is 0. The topological polar surface area (TPSA) is 101 Å². The van der Waals surface area contributed by atoms with Crippen molar-refractivity contribution in [2.24, 2.45) is 39.7 Å². The molecule has 0 aliphatic heterocycles. The number of aliphatic hydroxyl groups excluding tert-OH is 1. The van der Waals surface area contributed by atoms with Crippen LogP contribution in [0.1, 0.15) is 137 Å². The molecule has 37 heavy (non-hydrogen) atoms. The van der Waals surface area contributed by atoms with Crippen LogP contribution in [-0.4, -0.2) is 29.2 Å². The standard InChI is InChI=1S/C31H53NO5/c1-30(2,22-33)20-7-5-12-23-14-9-16-25(27(23)34)18-11-19-26-17-10-15-24(28(26)35)13-6-8-21-31(3,4)29(36)32-37/h23-26,33H,5-22H2,1-4H3. The number of nitroso groups, excluding NO2 is 1. The fraction of sp³-hybridized carbons (Fsp3) is 0.903. The quantitative estimate of drug-likeness (QED) is 0.167. The fourth-order valence-corrected chi connectivity index (χ4v) is 6.48. The zero-order valence-corrected chi connectivity index (χ0v) is 24.1. The van der Waals surface area contributed by atoms with Crippen molar-refractivity contribution in [3.05, 3.63) is 4.91 Å². The van der Waals surface area contributed by atoms with E-state index in [0.29, 0.717) is 18.0 Å². The van der Waals surface area contributed by atoms with Gasteiger partial charge in [-0.2, -0.15) is 0 Å². The Hall–Kier alpha value is -1.43. The van der Waals surface area contributed by atoms with Gasteiger partial charge in [-0.15, -0.1) is 4.91 Å². The normalized spacial score (nSPS) is 25.3. The Morgan fingerprint density at radius 3 is 1.54 bits per heavy atom. The molecule has 1 amide bonds. The Bertz CT molecular complexity index is 759. The van der Waals surface area contributed by atoms with Crippen molar-refractivity contribution in [3.8, 4) is 0 Å². The average Bonchev–Trinajstić information content (AvgIpc) is 2.87. The molecule has 6 heteroatoms. The van der Waals surface area contributed by atoms with Gasteiger partial charge in [-0.25, -0.2) is 0 Å². The lowest BCUT2D eigenvalue weighted by Gasteiger charge is -2.30. The largest absolute Gasteiger partial charge is 0.396 e. The minimum Gasteiger partial charge on any atom is -0.396 e. The predicted molar refractivity (Wildman–Crippen MR) is 148 cm³/mol. The van der Waals surface area contributed by atoms with Gasteiger partial charge in [0.15, 0.2) is 0 Å². The van der Waals surface area contributed by atoms with Crippen LogP contribution in [0.25, 0.3) is 0 Å². The number of Topliss-reactive ketones (excluding diaryl/α,β-unsaturated/α-hetero) is 2. The van der Waals surface area contributed by atoms with Crippen LogP contribution in [-0.2, 0) is 14.4 Å². The van der Waals surface area contributed by atoms with E-state index >= 15 is 0 Å². The summed E-state index contributed by atoms with van der Waals surface area (Å²) in [5.41, 5.74) is -0.742. The second-order valence-electron chi connectivity index (χ2n) is 13.5. The van der Waals surface area contributed by atoms with E-state index in [9.17, 15) is 24.4 Å². The number of amides is 1. The van der Waals surface area contributed by atoms with Gasteiger partial charge in [-0.1, -0.05) is 72.6 Å². The lowest BCUT2D eigenvalue weighted by atomic mass is 9.73. The highest BCUT2D eigenvalue weighted by Crippen LogP contribution is 2.36. The monoisotopic (exact) mass is 519 g/mol. The van der Waals surface area contributed by atoms with Gasteiger partial charge in [0.25, 0.3) is 5.91 Å². The van der Waals surface area contributed by atoms with E-state index in [1.165, 1.54) is 0 Å². The van der Waals surface area contributed by atoms with E-state index in [1.807, 2.05) is 0 Å². The van der Waals surface area contributed by atoms with Crippen LogP contribution in [0.5, 0.6) is 0 Å². The third kappa shape index (κ3) is 10.3. The molecule has 2 fully saturated rings. The van der Waals surface area contributed by atoms with Crippen LogP contribution < -0.4 is 0 Å². The van der Waals surface area contributed by atoms with E-state index < -0.39 is 11.3 Å². The predicted octanol–water partition coefficient (Wildman–Crippen LogP) is 7.59. The summed E-state index contributed by atoms with van der Waals surface area (Å²) in [7, 11) is 0. The van der Waals surface area contributed by atoms with Gasteiger partial charge in [0.1, 0.15) is 11.6 Å². The van der Waals surface area contributed by atoms with Gasteiger partial charge < -0.3 is 5.11 Å². The number of hydrogen-bond acceptors (Lipinski definition) is 5. The number of rotatable bonds is 16. The summed E-state index contributed by atoms with van der Waals surface area (Å²) >= 11 is 0. The van der Waals surface area contributed by atoms with E-state index in [2.05, 4.69) is 19.0 Å². The molecule has 0 aromatic heterocycles. The first-order valence-electron chi connectivity index (χ1n) is 15.1. The Morgan fingerprint density at radius 1 is 0.730 bits per heavy atom. The number of aliphatic hydroxyl groups is 1. The Labute approximate surface area is 225 Å². The van der Waals surface area contributed by atoms with Crippen LogP contribution in [0, 0.1) is 39.4 Å². The summed E-state index contributed by atoms with van der Waals surface area (Å²) in [6.07, 6.45) is 16.3.